The zero-order valence-electron chi connectivity index (χ0n) is 58.1. The monoisotopic (exact) mass is 1320 g/mol. The van der Waals surface area contributed by atoms with Crippen LogP contribution in [0, 0.1) is 17.8 Å². The van der Waals surface area contributed by atoms with Crippen molar-refractivity contribution in [1.82, 2.24) is 0 Å². The van der Waals surface area contributed by atoms with Crippen LogP contribution in [0.5, 0.6) is 0 Å². The molecule has 19 heteroatoms. The molecule has 90 heavy (non-hydrogen) atoms. The number of rotatable bonds is 67. The van der Waals surface area contributed by atoms with Gasteiger partial charge in [0.25, 0.3) is 0 Å². The second-order valence-electron chi connectivity index (χ2n) is 26.1. The number of allylic oxidation sites excluding steroid dienone is 4. The Kier molecular flexibility index (Phi) is 59.7. The lowest BCUT2D eigenvalue weighted by molar-refractivity contribution is -0.161. The van der Waals surface area contributed by atoms with Crippen molar-refractivity contribution in [3.63, 3.8) is 0 Å². The van der Waals surface area contributed by atoms with Gasteiger partial charge < -0.3 is 33.8 Å². The Bertz CT molecular complexity index is 1860. The Labute approximate surface area is 548 Å². The third kappa shape index (κ3) is 63.0. The Balaban J connectivity index is 5.29. The molecule has 0 aromatic rings. The van der Waals surface area contributed by atoms with E-state index in [4.69, 9.17) is 37.0 Å². The van der Waals surface area contributed by atoms with Crippen LogP contribution in [0.2, 0.25) is 0 Å². The lowest BCUT2D eigenvalue weighted by Gasteiger charge is -2.21. The number of hydrogen-bond donors (Lipinski definition) is 3. The van der Waals surface area contributed by atoms with E-state index in [1.54, 1.807) is 0 Å². The summed E-state index contributed by atoms with van der Waals surface area (Å²) in [5.41, 5.74) is 0. The van der Waals surface area contributed by atoms with E-state index in [0.29, 0.717) is 31.6 Å². The summed E-state index contributed by atoms with van der Waals surface area (Å²) in [6.45, 7) is 11.7. The number of carbonyl (C=O) groups is 4. The number of aliphatic hydroxyl groups excluding tert-OH is 1. The molecule has 0 bridgehead atoms. The normalized spacial score (nSPS) is 14.7. The van der Waals surface area contributed by atoms with E-state index in [1.807, 2.05) is 0 Å². The van der Waals surface area contributed by atoms with Gasteiger partial charge in [0.15, 0.2) is 12.2 Å². The molecule has 6 atom stereocenters. The van der Waals surface area contributed by atoms with Crippen LogP contribution in [0.1, 0.15) is 331 Å². The summed E-state index contributed by atoms with van der Waals surface area (Å²) in [6.07, 6.45) is 48.0. The molecule has 0 saturated carbocycles. The molecule has 3 N–H and O–H groups in total. The van der Waals surface area contributed by atoms with Gasteiger partial charge >= 0.3 is 39.5 Å². The minimum absolute atomic E-state index is 0.0976. The largest absolute Gasteiger partial charge is 0.472 e. The van der Waals surface area contributed by atoms with Crippen LogP contribution in [0.25, 0.3) is 0 Å². The molecule has 17 nitrogen and oxygen atoms in total. The van der Waals surface area contributed by atoms with Crippen molar-refractivity contribution in [2.75, 3.05) is 39.6 Å². The first-order valence-corrected chi connectivity index (χ1v) is 39.2. The molecule has 530 valence electrons. The highest BCUT2D eigenvalue weighted by molar-refractivity contribution is 7.47. The minimum atomic E-state index is -4.96. The average Bonchev–Trinajstić information content (AvgIpc) is 3.50. The first kappa shape index (κ1) is 87.5. The van der Waals surface area contributed by atoms with Crippen molar-refractivity contribution < 1.29 is 80.2 Å². The second-order valence-corrected chi connectivity index (χ2v) is 29.0. The van der Waals surface area contributed by atoms with Crippen LogP contribution in [0.4, 0.5) is 0 Å². The molecule has 0 aliphatic heterocycles. The molecule has 0 heterocycles. The van der Waals surface area contributed by atoms with Gasteiger partial charge in [0.2, 0.25) is 0 Å². The van der Waals surface area contributed by atoms with Gasteiger partial charge in [0.1, 0.15) is 19.3 Å². The number of ether oxygens (including phenoxy) is 4. The summed E-state index contributed by atoms with van der Waals surface area (Å²) in [6, 6.07) is 0. The van der Waals surface area contributed by atoms with E-state index >= 15 is 0 Å². The number of esters is 4. The highest BCUT2D eigenvalue weighted by Gasteiger charge is 2.30. The number of aliphatic hydroxyl groups is 1. The molecule has 0 aromatic carbocycles. The van der Waals surface area contributed by atoms with E-state index in [9.17, 15) is 43.2 Å². The Morgan fingerprint density at radius 3 is 0.989 bits per heavy atom. The molecule has 0 spiro atoms. The predicted molar refractivity (Wildman–Crippen MR) is 363 cm³/mol. The molecule has 0 aliphatic rings. The van der Waals surface area contributed by atoms with Gasteiger partial charge in [0.05, 0.1) is 26.4 Å². The maximum atomic E-state index is 13.0. The maximum Gasteiger partial charge on any atom is 0.472 e. The van der Waals surface area contributed by atoms with Crippen LogP contribution >= 0.6 is 15.6 Å². The van der Waals surface area contributed by atoms with Crippen LogP contribution in [-0.2, 0) is 65.4 Å². The fourth-order valence-electron chi connectivity index (χ4n) is 10.1. The van der Waals surface area contributed by atoms with E-state index < -0.39 is 97.5 Å². The van der Waals surface area contributed by atoms with Crippen LogP contribution in [-0.4, -0.2) is 96.7 Å². The van der Waals surface area contributed by atoms with Gasteiger partial charge in [-0.2, -0.15) is 0 Å². The SMILES string of the molecule is CCCCCC/C=C\C=C/CCCCCCCC(=O)OC[C@H](COP(=O)(O)OCC(O)COP(=O)(O)OC[C@@H](COC(=O)CCCCCCCCCC(C)C)OC(=O)CCCCCCCCCCCCC(C)C)OC(=O)CCCCCCCCCCC(C)CC. The first-order chi connectivity index (χ1) is 43.3. The smallest absolute Gasteiger partial charge is 0.462 e. The first-order valence-electron chi connectivity index (χ1n) is 36.2. The highest BCUT2D eigenvalue weighted by Crippen LogP contribution is 2.45. The minimum Gasteiger partial charge on any atom is -0.462 e. The number of unbranched alkanes of at least 4 members (excludes halogenated alkanes) is 31. The van der Waals surface area contributed by atoms with E-state index in [2.05, 4.69) is 72.8 Å². The van der Waals surface area contributed by atoms with Gasteiger partial charge in [0, 0.05) is 25.7 Å². The molecule has 0 radical (unpaired) electrons. The van der Waals surface area contributed by atoms with E-state index in [-0.39, 0.29) is 25.7 Å². The van der Waals surface area contributed by atoms with Crippen LogP contribution < -0.4 is 0 Å². The second kappa shape index (κ2) is 61.4. The molecule has 0 rings (SSSR count). The van der Waals surface area contributed by atoms with Gasteiger partial charge in [-0.3, -0.25) is 37.3 Å². The molecule has 0 fully saturated rings. The third-order valence-electron chi connectivity index (χ3n) is 16.1. The molecule has 0 aliphatic carbocycles. The summed E-state index contributed by atoms with van der Waals surface area (Å²) in [4.78, 5) is 72.5. The zero-order valence-corrected chi connectivity index (χ0v) is 59.9. The third-order valence-corrected chi connectivity index (χ3v) is 18.0. The zero-order chi connectivity index (χ0) is 66.6. The molecule has 0 saturated heterocycles. The van der Waals surface area contributed by atoms with E-state index in [1.165, 1.54) is 116 Å². The highest BCUT2D eigenvalue weighted by atomic mass is 31.2. The van der Waals surface area contributed by atoms with Crippen molar-refractivity contribution in [3.8, 4) is 0 Å². The topological polar surface area (TPSA) is 237 Å². The van der Waals surface area contributed by atoms with Crippen LogP contribution in [0.3, 0.4) is 0 Å². The van der Waals surface area contributed by atoms with Crippen molar-refractivity contribution in [1.29, 1.82) is 0 Å². The standard InChI is InChI=1S/C71H134O17P2/c1-8-10-11-12-13-14-15-16-17-18-19-23-31-38-45-52-68(73)81-58-66(88-71(76)55-48-41-33-26-25-30-37-44-51-64(7)9-2)60-85-89(77,78)83-56-65(72)57-84-90(79,80)86-61-67(59-82-69(74)53-46-39-34-27-29-36-43-50-63(5)6)87-70(75)54-47-40-32-24-21-20-22-28-35-42-49-62(3)4/h14-17,62-67,72H,8-13,18-61H2,1-7H3,(H,77,78)(H,79,80)/b15-14-,17-16-/t64?,65?,66-,67-/m1/s1. The Morgan fingerprint density at radius 1 is 0.367 bits per heavy atom. The summed E-state index contributed by atoms with van der Waals surface area (Å²) in [7, 11) is -9.91. The molecule has 0 aromatic heterocycles. The van der Waals surface area contributed by atoms with Crippen LogP contribution in [0.15, 0.2) is 24.3 Å². The fraction of sp³-hybridized carbons (Fsp3) is 0.887. The predicted octanol–water partition coefficient (Wildman–Crippen LogP) is 19.8. The van der Waals surface area contributed by atoms with Gasteiger partial charge in [-0.1, -0.05) is 278 Å². The Morgan fingerprint density at radius 2 is 0.656 bits per heavy atom. The average molecular weight is 1320 g/mol. The number of phosphoric acid groups is 2. The molecular formula is C71H134O17P2. The Hall–Kier alpha value is -2.46. The number of carbonyl (C=O) groups excluding carboxylic acids is 4. The number of hydrogen-bond acceptors (Lipinski definition) is 15. The lowest BCUT2D eigenvalue weighted by Crippen LogP contribution is -2.30. The summed E-state index contributed by atoms with van der Waals surface area (Å²) in [5.74, 6) is 0.0622. The fourth-order valence-corrected chi connectivity index (χ4v) is 11.7. The molecule has 4 unspecified atom stereocenters. The quantitative estimate of drug-likeness (QED) is 0.0169. The van der Waals surface area contributed by atoms with Gasteiger partial charge in [-0.15, -0.1) is 0 Å². The van der Waals surface area contributed by atoms with Crippen molar-refractivity contribution in [2.45, 2.75) is 349 Å². The summed E-state index contributed by atoms with van der Waals surface area (Å²) >= 11 is 0. The molecular weight excluding hydrogens is 1190 g/mol. The number of phosphoric ester groups is 2. The van der Waals surface area contributed by atoms with Crippen molar-refractivity contribution in [3.05, 3.63) is 24.3 Å². The maximum absolute atomic E-state index is 13.0. The lowest BCUT2D eigenvalue weighted by atomic mass is 9.99. The van der Waals surface area contributed by atoms with Crippen molar-refractivity contribution >= 4 is 39.5 Å². The van der Waals surface area contributed by atoms with Gasteiger partial charge in [-0.25, -0.2) is 9.13 Å². The van der Waals surface area contributed by atoms with E-state index in [0.717, 1.165) is 127 Å². The molecule has 0 amide bonds. The summed E-state index contributed by atoms with van der Waals surface area (Å²) in [5, 5.41) is 10.6. The van der Waals surface area contributed by atoms with Gasteiger partial charge in [-0.05, 0) is 69.1 Å². The van der Waals surface area contributed by atoms with Crippen molar-refractivity contribution in [2.24, 2.45) is 17.8 Å². The summed E-state index contributed by atoms with van der Waals surface area (Å²) < 4.78 is 68.3.